The van der Waals surface area contributed by atoms with Gasteiger partial charge in [-0.1, -0.05) is 81.8 Å². The van der Waals surface area contributed by atoms with Gasteiger partial charge in [0.2, 0.25) is 5.88 Å². The van der Waals surface area contributed by atoms with Crippen molar-refractivity contribution < 1.29 is 55.2 Å². The van der Waals surface area contributed by atoms with Gasteiger partial charge in [0.05, 0.1) is 38.3 Å². The van der Waals surface area contributed by atoms with Crippen LogP contribution >= 0.6 is 22.9 Å². The molecule has 3 unspecified atom stereocenters. The minimum atomic E-state index is -4.67. The third kappa shape index (κ3) is 14.9. The summed E-state index contributed by atoms with van der Waals surface area (Å²) in [6.07, 6.45) is -0.473. The lowest BCUT2D eigenvalue weighted by molar-refractivity contribution is -0.142. The Morgan fingerprint density at radius 3 is 2.24 bits per heavy atom. The van der Waals surface area contributed by atoms with E-state index in [1.807, 2.05) is 36.6 Å². The van der Waals surface area contributed by atoms with Gasteiger partial charge in [-0.25, -0.2) is 19.4 Å². The second-order valence-corrected chi connectivity index (χ2v) is 18.3. The number of amides is 1. The number of alkyl halides is 6. The Balaban J connectivity index is 0.000000197. The molecule has 13 nitrogen and oxygen atoms in total. The van der Waals surface area contributed by atoms with E-state index < -0.39 is 46.8 Å². The Bertz CT molecular complexity index is 2670. The number of rotatable bonds is 16. The largest absolute Gasteiger partial charge is 0.503 e. The number of carbonyl (C=O) groups is 2. The van der Waals surface area contributed by atoms with Crippen molar-refractivity contribution in [2.24, 2.45) is 24.8 Å². The van der Waals surface area contributed by atoms with Crippen LogP contribution in [-0.2, 0) is 52.4 Å². The van der Waals surface area contributed by atoms with E-state index in [0.717, 1.165) is 33.8 Å². The molecule has 6 aromatic rings. The van der Waals surface area contributed by atoms with Crippen LogP contribution in [0.4, 0.5) is 32.0 Å². The highest BCUT2D eigenvalue weighted by atomic mass is 35.5. The Hall–Kier alpha value is -6.25. The highest BCUT2D eigenvalue weighted by molar-refractivity contribution is 7.10. The summed E-state index contributed by atoms with van der Waals surface area (Å²) < 4.78 is 94.9. The van der Waals surface area contributed by atoms with E-state index in [4.69, 9.17) is 25.8 Å². The van der Waals surface area contributed by atoms with E-state index in [2.05, 4.69) is 46.3 Å². The van der Waals surface area contributed by atoms with Gasteiger partial charge >= 0.3 is 18.3 Å². The molecule has 1 fully saturated rings. The third-order valence-corrected chi connectivity index (χ3v) is 12.6. The van der Waals surface area contributed by atoms with Crippen molar-refractivity contribution in [1.82, 2.24) is 29.5 Å². The van der Waals surface area contributed by atoms with E-state index in [0.29, 0.717) is 40.2 Å². The molecule has 70 heavy (non-hydrogen) atoms. The molecule has 1 aliphatic rings. The Kier molecular flexibility index (Phi) is 18.8. The summed E-state index contributed by atoms with van der Waals surface area (Å²) >= 11 is 7.44. The second kappa shape index (κ2) is 24.0. The Morgan fingerprint density at radius 1 is 0.943 bits per heavy atom. The number of ether oxygens (including phenoxy) is 3. The van der Waals surface area contributed by atoms with Crippen molar-refractivity contribution in [3.05, 3.63) is 147 Å². The summed E-state index contributed by atoms with van der Waals surface area (Å²) in [5.41, 5.74) is -0.989. The van der Waals surface area contributed by atoms with Gasteiger partial charge in [0.25, 0.3) is 5.91 Å². The molecule has 2 N–H and O–H groups in total. The molecule has 2 aromatic carbocycles. The number of thiophene rings is 1. The smallest absolute Gasteiger partial charge is 0.435 e. The fraction of sp³-hybridized carbons (Fsp3) is 0.388. The zero-order chi connectivity index (χ0) is 51.4. The van der Waals surface area contributed by atoms with Crippen LogP contribution in [0.2, 0.25) is 5.02 Å². The minimum absolute atomic E-state index is 0.0947. The second-order valence-electron chi connectivity index (χ2n) is 17.0. The van der Waals surface area contributed by atoms with Crippen molar-refractivity contribution in [2.45, 2.75) is 84.0 Å². The number of hydrogen-bond donors (Lipinski definition) is 2. The lowest BCUT2D eigenvalue weighted by atomic mass is 9.79. The first-order valence-electron chi connectivity index (χ1n) is 21.9. The molecule has 7 rings (SSSR count). The van der Waals surface area contributed by atoms with E-state index in [9.17, 15) is 41.0 Å². The van der Waals surface area contributed by atoms with Crippen LogP contribution in [0.15, 0.2) is 103 Å². The lowest BCUT2D eigenvalue weighted by Crippen LogP contribution is -2.39. The molecule has 0 saturated heterocycles. The summed E-state index contributed by atoms with van der Waals surface area (Å²) in [5.74, 6) is -0.127. The summed E-state index contributed by atoms with van der Waals surface area (Å²) in [7, 11) is 3.97. The molecule has 0 aliphatic heterocycles. The van der Waals surface area contributed by atoms with E-state index >= 15 is 0 Å². The van der Waals surface area contributed by atoms with Crippen LogP contribution < -0.4 is 10.1 Å². The Morgan fingerprint density at radius 2 is 1.64 bits per heavy atom. The van der Waals surface area contributed by atoms with E-state index in [1.165, 1.54) is 70.2 Å². The predicted molar refractivity (Wildman–Crippen MR) is 253 cm³/mol. The van der Waals surface area contributed by atoms with Crippen LogP contribution in [0.5, 0.6) is 5.88 Å². The van der Waals surface area contributed by atoms with Gasteiger partial charge in [-0.3, -0.25) is 9.48 Å². The third-order valence-electron chi connectivity index (χ3n) is 11.2. The standard InChI is InChI=1S/C18H16F3NO4.C16H20F3N3OS.C15H18ClN3O/c1-24-11-14(17(23)25-2)13-7-4-3-6-12(13)10-26-16-9-5-8-15(22-16)18(19,20)21;1-9(2)7-10(3)13-12(5-6-24-13)20-15(23)11-8-22(4)21-14(11)16(17,18)19;1-11(12-2-3-12)15(20,8-19-10-17-9-18-19)13-4-6-14(16)7-5-13/h3-9,11H,10H2,1-2H3;5-6,8-10H,7H2,1-4H3,(H,20,23);4-7,9-12,20H,2-3,8H2,1H3/b14-11+;;. The number of hydrogen-bond acceptors (Lipinski definition) is 11. The highest BCUT2D eigenvalue weighted by Gasteiger charge is 2.44. The molecule has 21 heteroatoms. The van der Waals surface area contributed by atoms with Gasteiger partial charge in [-0.05, 0) is 89.3 Å². The predicted octanol–water partition coefficient (Wildman–Crippen LogP) is 11.6. The number of aliphatic hydroxyl groups is 1. The zero-order valence-electron chi connectivity index (χ0n) is 39.4. The van der Waals surface area contributed by atoms with Crippen LogP contribution in [0, 0.1) is 17.8 Å². The average Bonchev–Trinajstić information content (AvgIpc) is 3.60. The number of benzene rings is 2. The fourth-order valence-electron chi connectivity index (χ4n) is 7.62. The molecular weight excluding hydrogens is 964 g/mol. The summed E-state index contributed by atoms with van der Waals surface area (Å²) in [5, 5.41) is 23.9. The van der Waals surface area contributed by atoms with Crippen LogP contribution in [0.1, 0.15) is 96.2 Å². The number of halogens is 7. The molecule has 1 aliphatic carbocycles. The molecular formula is C49H54ClF6N7O6S. The van der Waals surface area contributed by atoms with Gasteiger partial charge in [0, 0.05) is 29.2 Å². The maximum Gasteiger partial charge on any atom is 0.435 e. The molecule has 1 amide bonds. The summed E-state index contributed by atoms with van der Waals surface area (Å²) in [6, 6.07) is 19.3. The monoisotopic (exact) mass is 1020 g/mol. The fourth-order valence-corrected chi connectivity index (χ4v) is 8.67. The van der Waals surface area contributed by atoms with Gasteiger partial charge < -0.3 is 24.6 Å². The number of esters is 1. The first-order valence-corrected chi connectivity index (χ1v) is 23.2. The number of anilines is 1. The molecule has 0 spiro atoms. The molecule has 3 atom stereocenters. The number of methoxy groups -OCH3 is 2. The van der Waals surface area contributed by atoms with Crippen molar-refractivity contribution in [3.63, 3.8) is 0 Å². The number of nitrogens with zero attached hydrogens (tertiary/aromatic N) is 6. The van der Waals surface area contributed by atoms with Crippen LogP contribution in [0.3, 0.4) is 0 Å². The van der Waals surface area contributed by atoms with Crippen LogP contribution in [0.25, 0.3) is 5.57 Å². The molecule has 376 valence electrons. The maximum atomic E-state index is 13.0. The van der Waals surface area contributed by atoms with Gasteiger partial charge in [0.1, 0.15) is 36.1 Å². The quantitative estimate of drug-likeness (QED) is 0.0414. The Labute approximate surface area is 410 Å². The summed E-state index contributed by atoms with van der Waals surface area (Å²) in [4.78, 5) is 32.6. The minimum Gasteiger partial charge on any atom is -0.503 e. The molecule has 4 aromatic heterocycles. The van der Waals surface area contributed by atoms with Crippen molar-refractivity contribution in [3.8, 4) is 5.88 Å². The van der Waals surface area contributed by atoms with Gasteiger partial charge in [0.15, 0.2) is 5.69 Å². The number of aromatic nitrogens is 6. The molecule has 0 bridgehead atoms. The van der Waals surface area contributed by atoms with E-state index in [1.54, 1.807) is 41.3 Å². The van der Waals surface area contributed by atoms with Crippen molar-refractivity contribution in [1.29, 1.82) is 0 Å². The first-order chi connectivity index (χ1) is 33.0. The average molecular weight is 1020 g/mol. The van der Waals surface area contributed by atoms with Gasteiger partial charge in [-0.2, -0.15) is 36.5 Å². The topological polar surface area (TPSA) is 156 Å². The van der Waals surface area contributed by atoms with Crippen molar-refractivity contribution in [2.75, 3.05) is 19.5 Å². The zero-order valence-corrected chi connectivity index (χ0v) is 41.0. The summed E-state index contributed by atoms with van der Waals surface area (Å²) in [6.45, 7) is 8.69. The lowest BCUT2D eigenvalue weighted by Gasteiger charge is -2.35. The normalized spacial score (nSPS) is 14.5. The molecule has 1 saturated carbocycles. The molecule has 4 heterocycles. The number of carbonyl (C=O) groups excluding carboxylic acids is 2. The van der Waals surface area contributed by atoms with Crippen molar-refractivity contribution >= 4 is 46.1 Å². The number of pyridine rings is 1. The first kappa shape index (κ1) is 54.7. The van der Waals surface area contributed by atoms with Crippen LogP contribution in [-0.4, -0.2) is 60.7 Å². The van der Waals surface area contributed by atoms with E-state index in [-0.39, 0.29) is 29.9 Å². The maximum absolute atomic E-state index is 13.0. The highest BCUT2D eigenvalue weighted by Crippen LogP contribution is 2.46. The van der Waals surface area contributed by atoms with Gasteiger partial charge in [-0.15, -0.1) is 11.3 Å². The molecule has 0 radical (unpaired) electrons. The number of aryl methyl sites for hydroxylation is 1. The number of nitrogens with one attached hydrogen (secondary N) is 1. The SMILES string of the molecule is CC(C)CC(C)c1sccc1NC(=O)c1cn(C)nc1C(F)(F)F.CC(C1CC1)C(O)(Cn1cncn1)c1ccc(Cl)cc1.CO/C=C(/C(=O)OC)c1ccccc1COc1cccc(C(F)(F)F)n1.